The van der Waals surface area contributed by atoms with Crippen LogP contribution in [0.2, 0.25) is 0 Å². The number of aryl methyl sites for hydroxylation is 2. The molecule has 2 aromatic rings. The van der Waals surface area contributed by atoms with E-state index in [4.69, 9.17) is 0 Å². The molecule has 2 rings (SSSR count). The number of anilines is 1. The van der Waals surface area contributed by atoms with Gasteiger partial charge >= 0.3 is 0 Å². The highest BCUT2D eigenvalue weighted by molar-refractivity contribution is 7.15. The lowest BCUT2D eigenvalue weighted by atomic mass is 10.1. The van der Waals surface area contributed by atoms with Gasteiger partial charge < -0.3 is 4.90 Å². The van der Waals surface area contributed by atoms with Gasteiger partial charge in [0.2, 0.25) is 0 Å². The molecule has 1 aromatic carbocycles. The summed E-state index contributed by atoms with van der Waals surface area (Å²) in [5.74, 6) is 0. The lowest BCUT2D eigenvalue weighted by Crippen LogP contribution is -2.09. The van der Waals surface area contributed by atoms with Gasteiger partial charge in [-0.2, -0.15) is 0 Å². The van der Waals surface area contributed by atoms with Crippen LogP contribution in [-0.4, -0.2) is 14.1 Å². The maximum Gasteiger partial charge on any atom is 0.0451 e. The topological polar surface area (TPSA) is 3.24 Å². The van der Waals surface area contributed by atoms with Crippen LogP contribution in [0, 0.1) is 13.8 Å². The minimum Gasteiger partial charge on any atom is -0.377 e. The molecule has 0 N–H and O–H groups in total. The fraction of sp³-hybridized carbons (Fsp3) is 0.286. The van der Waals surface area contributed by atoms with Crippen molar-refractivity contribution in [1.29, 1.82) is 0 Å². The zero-order valence-electron chi connectivity index (χ0n) is 10.2. The van der Waals surface area contributed by atoms with Crippen LogP contribution >= 0.6 is 11.3 Å². The van der Waals surface area contributed by atoms with Crippen molar-refractivity contribution in [1.82, 2.24) is 0 Å². The first-order chi connectivity index (χ1) is 7.58. The molecule has 0 aliphatic heterocycles. The lowest BCUT2D eigenvalue weighted by Gasteiger charge is -2.17. The minimum absolute atomic E-state index is 1.29. The number of thiophene rings is 1. The molecular weight excluding hydrogens is 214 g/mol. The zero-order valence-corrected chi connectivity index (χ0v) is 11.1. The predicted molar refractivity (Wildman–Crippen MR) is 73.6 cm³/mol. The first-order valence-electron chi connectivity index (χ1n) is 5.42. The van der Waals surface area contributed by atoms with Crippen LogP contribution in [0.25, 0.3) is 10.4 Å². The molecule has 16 heavy (non-hydrogen) atoms. The summed E-state index contributed by atoms with van der Waals surface area (Å²) in [6.07, 6.45) is 0. The average molecular weight is 231 g/mol. The van der Waals surface area contributed by atoms with Crippen molar-refractivity contribution in [2.45, 2.75) is 13.8 Å². The Hall–Kier alpha value is -1.28. The average Bonchev–Trinajstić information content (AvgIpc) is 2.64. The molecule has 0 saturated carbocycles. The molecule has 84 valence electrons. The van der Waals surface area contributed by atoms with Gasteiger partial charge in [0.05, 0.1) is 0 Å². The summed E-state index contributed by atoms with van der Waals surface area (Å²) in [7, 11) is 4.19. The largest absolute Gasteiger partial charge is 0.377 e. The van der Waals surface area contributed by atoms with Gasteiger partial charge in [-0.15, -0.1) is 11.3 Å². The summed E-state index contributed by atoms with van der Waals surface area (Å²) in [6.45, 7) is 4.29. The zero-order chi connectivity index (χ0) is 11.7. The molecule has 0 saturated heterocycles. The third kappa shape index (κ3) is 2.12. The summed E-state index contributed by atoms with van der Waals surface area (Å²) >= 11 is 1.85. The van der Waals surface area contributed by atoms with E-state index in [1.165, 1.54) is 26.6 Å². The molecule has 0 unspecified atom stereocenters. The predicted octanol–water partition coefficient (Wildman–Crippen LogP) is 4.10. The number of rotatable bonds is 2. The number of hydrogen-bond acceptors (Lipinski definition) is 2. The Morgan fingerprint density at radius 2 is 1.75 bits per heavy atom. The summed E-state index contributed by atoms with van der Waals surface area (Å²) in [4.78, 5) is 4.89. The third-order valence-electron chi connectivity index (χ3n) is 2.64. The van der Waals surface area contributed by atoms with Gasteiger partial charge in [-0.25, -0.2) is 0 Å². The number of nitrogens with zero attached hydrogens (tertiary/aromatic N) is 1. The highest BCUT2D eigenvalue weighted by atomic mass is 32.1. The quantitative estimate of drug-likeness (QED) is 0.752. The molecule has 0 radical (unpaired) electrons. The second kappa shape index (κ2) is 4.30. The summed E-state index contributed by atoms with van der Waals surface area (Å²) in [6, 6.07) is 11.0. The van der Waals surface area contributed by atoms with Crippen molar-refractivity contribution in [3.8, 4) is 10.4 Å². The molecule has 0 amide bonds. The van der Waals surface area contributed by atoms with Gasteiger partial charge in [0.15, 0.2) is 0 Å². The Morgan fingerprint density at radius 3 is 2.31 bits per heavy atom. The standard InChI is InChI=1S/C14H17NS/c1-10-5-7-12(13(9-10)15(3)4)14-8-6-11(2)16-14/h5-9H,1-4H3. The van der Waals surface area contributed by atoms with E-state index < -0.39 is 0 Å². The van der Waals surface area contributed by atoms with E-state index in [0.717, 1.165) is 0 Å². The van der Waals surface area contributed by atoms with Crippen LogP contribution in [0.15, 0.2) is 30.3 Å². The Balaban J connectivity index is 2.56. The molecule has 1 nitrogen and oxygen atoms in total. The van der Waals surface area contributed by atoms with E-state index in [9.17, 15) is 0 Å². The van der Waals surface area contributed by atoms with Crippen LogP contribution in [0.1, 0.15) is 10.4 Å². The van der Waals surface area contributed by atoms with E-state index in [1.807, 2.05) is 11.3 Å². The van der Waals surface area contributed by atoms with Crippen molar-refractivity contribution in [2.75, 3.05) is 19.0 Å². The summed E-state index contributed by atoms with van der Waals surface area (Å²) in [5.41, 5.74) is 3.93. The third-order valence-corrected chi connectivity index (χ3v) is 3.67. The van der Waals surface area contributed by atoms with Gasteiger partial charge in [0.1, 0.15) is 0 Å². The maximum atomic E-state index is 2.24. The molecule has 0 fully saturated rings. The first-order valence-corrected chi connectivity index (χ1v) is 6.24. The molecule has 0 aliphatic carbocycles. The highest BCUT2D eigenvalue weighted by Gasteiger charge is 2.08. The van der Waals surface area contributed by atoms with Crippen LogP contribution in [0.3, 0.4) is 0 Å². The number of hydrogen-bond donors (Lipinski definition) is 0. The van der Waals surface area contributed by atoms with E-state index in [1.54, 1.807) is 0 Å². The Labute approximate surface area is 101 Å². The van der Waals surface area contributed by atoms with Crippen molar-refractivity contribution in [3.05, 3.63) is 40.8 Å². The normalized spacial score (nSPS) is 10.5. The molecule has 1 heterocycles. The van der Waals surface area contributed by atoms with Crippen LogP contribution < -0.4 is 4.90 Å². The van der Waals surface area contributed by atoms with Crippen molar-refractivity contribution in [3.63, 3.8) is 0 Å². The fourth-order valence-electron chi connectivity index (χ4n) is 1.80. The van der Waals surface area contributed by atoms with E-state index in [0.29, 0.717) is 0 Å². The Kier molecular flexibility index (Phi) is 3.01. The second-order valence-corrected chi connectivity index (χ2v) is 5.61. The maximum absolute atomic E-state index is 2.24. The van der Waals surface area contributed by atoms with Gasteiger partial charge in [-0.05, 0) is 37.6 Å². The molecule has 2 heteroatoms. The molecular formula is C14H17NS. The van der Waals surface area contributed by atoms with Crippen molar-refractivity contribution in [2.24, 2.45) is 0 Å². The van der Waals surface area contributed by atoms with Crippen LogP contribution in [-0.2, 0) is 0 Å². The first kappa shape index (κ1) is 11.2. The molecule has 0 atom stereocenters. The fourth-order valence-corrected chi connectivity index (χ4v) is 2.70. The van der Waals surface area contributed by atoms with E-state index in [2.05, 4.69) is 63.2 Å². The van der Waals surface area contributed by atoms with E-state index >= 15 is 0 Å². The Morgan fingerprint density at radius 1 is 1.00 bits per heavy atom. The molecule has 0 aliphatic rings. The van der Waals surface area contributed by atoms with Crippen molar-refractivity contribution < 1.29 is 0 Å². The van der Waals surface area contributed by atoms with E-state index in [-0.39, 0.29) is 0 Å². The number of benzene rings is 1. The van der Waals surface area contributed by atoms with Crippen LogP contribution in [0.4, 0.5) is 5.69 Å². The lowest BCUT2D eigenvalue weighted by molar-refractivity contribution is 1.13. The molecule has 0 spiro atoms. The van der Waals surface area contributed by atoms with Gasteiger partial charge in [-0.1, -0.05) is 12.1 Å². The summed E-state index contributed by atoms with van der Waals surface area (Å²) < 4.78 is 0. The minimum atomic E-state index is 1.29. The van der Waals surface area contributed by atoms with Crippen molar-refractivity contribution >= 4 is 17.0 Å². The molecule has 0 bridgehead atoms. The van der Waals surface area contributed by atoms with Gasteiger partial charge in [0, 0.05) is 35.1 Å². The second-order valence-electron chi connectivity index (χ2n) is 4.33. The molecule has 1 aromatic heterocycles. The van der Waals surface area contributed by atoms with Gasteiger partial charge in [-0.3, -0.25) is 0 Å². The smallest absolute Gasteiger partial charge is 0.0451 e. The monoisotopic (exact) mass is 231 g/mol. The highest BCUT2D eigenvalue weighted by Crippen LogP contribution is 2.35. The Bertz CT molecular complexity index is 497. The SMILES string of the molecule is Cc1ccc(-c2ccc(C)s2)c(N(C)C)c1. The summed E-state index contributed by atoms with van der Waals surface area (Å²) in [5, 5.41) is 0. The van der Waals surface area contributed by atoms with Crippen LogP contribution in [0.5, 0.6) is 0 Å². The van der Waals surface area contributed by atoms with Gasteiger partial charge in [0.25, 0.3) is 0 Å².